The van der Waals surface area contributed by atoms with E-state index in [1.165, 1.54) is 0 Å². The molecule has 2 aliphatic heterocycles. The van der Waals surface area contributed by atoms with E-state index in [4.69, 9.17) is 20.9 Å². The Balaban J connectivity index is 1.93. The number of hydrogen-bond acceptors (Lipinski definition) is 12. The van der Waals surface area contributed by atoms with Crippen molar-refractivity contribution in [3.63, 3.8) is 0 Å². The van der Waals surface area contributed by atoms with Crippen molar-refractivity contribution in [1.82, 2.24) is 19.6 Å². The summed E-state index contributed by atoms with van der Waals surface area (Å²) in [6.07, 6.45) is 0. The van der Waals surface area contributed by atoms with Gasteiger partial charge in [-0.05, 0) is 24.7 Å². The van der Waals surface area contributed by atoms with Crippen LogP contribution in [-0.4, -0.2) is 119 Å². The van der Waals surface area contributed by atoms with E-state index in [0.29, 0.717) is 0 Å². The van der Waals surface area contributed by atoms with Crippen molar-refractivity contribution in [3.05, 3.63) is 0 Å². The van der Waals surface area contributed by atoms with Gasteiger partial charge in [0.25, 0.3) is 0 Å². The number of esters is 2. The molecule has 226 valence electrons. The summed E-state index contributed by atoms with van der Waals surface area (Å²) >= 11 is 0. The summed E-state index contributed by atoms with van der Waals surface area (Å²) in [4.78, 5) is 80.4. The monoisotopic (exact) mass is 568 g/mol. The second-order valence-electron chi connectivity index (χ2n) is 12.6. The van der Waals surface area contributed by atoms with Gasteiger partial charge in [-0.15, -0.1) is 0 Å². The summed E-state index contributed by atoms with van der Waals surface area (Å²) in [5, 5.41) is 0. The van der Waals surface area contributed by atoms with Crippen molar-refractivity contribution in [3.8, 4) is 0 Å². The standard InChI is InChI=1S/C26H44N6O8/c1-15(29-9-17(33)31(18(34)10-29)13-39-23(37)21(27)25(3,4)5)16(2)30-11-19(35)32(20(36)12-30)14-40-24(38)22(28)26(6,7)8/h15-16,21-22H,9-14,27-28H2,1-8H3. The Morgan fingerprint density at radius 2 is 0.900 bits per heavy atom. The summed E-state index contributed by atoms with van der Waals surface area (Å²) in [5.74, 6) is -3.59. The van der Waals surface area contributed by atoms with Crippen LogP contribution < -0.4 is 11.5 Å². The normalized spacial score (nSPS) is 21.2. The smallest absolute Gasteiger partial charge is 0.325 e. The first-order valence-electron chi connectivity index (χ1n) is 13.2. The van der Waals surface area contributed by atoms with E-state index < -0.39 is 71.9 Å². The largest absolute Gasteiger partial charge is 0.443 e. The zero-order chi connectivity index (χ0) is 30.7. The van der Waals surface area contributed by atoms with Gasteiger partial charge in [0.2, 0.25) is 23.6 Å². The van der Waals surface area contributed by atoms with E-state index in [2.05, 4.69) is 0 Å². The first-order chi connectivity index (χ1) is 18.2. The van der Waals surface area contributed by atoms with Gasteiger partial charge in [-0.2, -0.15) is 0 Å². The van der Waals surface area contributed by atoms with Crippen LogP contribution in [0, 0.1) is 10.8 Å². The van der Waals surface area contributed by atoms with Crippen LogP contribution in [0.1, 0.15) is 55.4 Å². The number of amides is 4. The van der Waals surface area contributed by atoms with Gasteiger partial charge in [0.1, 0.15) is 12.1 Å². The Morgan fingerprint density at radius 1 is 0.650 bits per heavy atom. The average molecular weight is 569 g/mol. The van der Waals surface area contributed by atoms with E-state index in [9.17, 15) is 28.8 Å². The third kappa shape index (κ3) is 8.05. The van der Waals surface area contributed by atoms with Gasteiger partial charge < -0.3 is 20.9 Å². The van der Waals surface area contributed by atoms with Crippen molar-refractivity contribution >= 4 is 35.6 Å². The summed E-state index contributed by atoms with van der Waals surface area (Å²) in [6.45, 7) is 12.7. The van der Waals surface area contributed by atoms with Crippen molar-refractivity contribution in [1.29, 1.82) is 0 Å². The lowest BCUT2D eigenvalue weighted by Gasteiger charge is -2.43. The molecule has 0 aromatic rings. The minimum absolute atomic E-state index is 0.119. The highest BCUT2D eigenvalue weighted by molar-refractivity contribution is 6.00. The number of hydrogen-bond donors (Lipinski definition) is 2. The van der Waals surface area contributed by atoms with Crippen LogP contribution in [0.3, 0.4) is 0 Å². The van der Waals surface area contributed by atoms with Crippen LogP contribution in [0.25, 0.3) is 0 Å². The van der Waals surface area contributed by atoms with Gasteiger partial charge >= 0.3 is 11.9 Å². The van der Waals surface area contributed by atoms with E-state index >= 15 is 0 Å². The number of carbonyl (C=O) groups is 6. The van der Waals surface area contributed by atoms with E-state index in [1.54, 1.807) is 65.2 Å². The molecule has 2 heterocycles. The van der Waals surface area contributed by atoms with Crippen LogP contribution in [0.2, 0.25) is 0 Å². The number of nitrogens with two attached hydrogens (primary N) is 2. The summed E-state index contributed by atoms with van der Waals surface area (Å²) in [7, 11) is 0. The third-order valence-corrected chi connectivity index (χ3v) is 7.45. The number of ether oxygens (including phenoxy) is 2. The molecule has 14 nitrogen and oxygen atoms in total. The molecular formula is C26H44N6O8. The maximum absolute atomic E-state index is 12.7. The van der Waals surface area contributed by atoms with Gasteiger partial charge in [0.05, 0.1) is 26.2 Å². The Labute approximate surface area is 235 Å². The van der Waals surface area contributed by atoms with Gasteiger partial charge in [-0.25, -0.2) is 9.80 Å². The number of rotatable bonds is 9. The number of carbonyl (C=O) groups excluding carboxylic acids is 6. The Hall–Kier alpha value is -2.94. The molecular weight excluding hydrogens is 524 g/mol. The second kappa shape index (κ2) is 12.7. The Morgan fingerprint density at radius 3 is 1.12 bits per heavy atom. The molecule has 4 N–H and O–H groups in total. The fraction of sp³-hybridized carbons (Fsp3) is 0.769. The van der Waals surface area contributed by atoms with Gasteiger partial charge in [0, 0.05) is 12.1 Å². The van der Waals surface area contributed by atoms with Crippen molar-refractivity contribution in [2.24, 2.45) is 22.3 Å². The zero-order valence-corrected chi connectivity index (χ0v) is 24.8. The minimum atomic E-state index is -0.918. The molecule has 0 radical (unpaired) electrons. The van der Waals surface area contributed by atoms with E-state index in [-0.39, 0.29) is 38.3 Å². The summed E-state index contributed by atoms with van der Waals surface area (Å²) in [5.41, 5.74) is 10.7. The minimum Gasteiger partial charge on any atom is -0.443 e. The second-order valence-corrected chi connectivity index (χ2v) is 12.6. The van der Waals surface area contributed by atoms with Crippen molar-refractivity contribution < 1.29 is 38.2 Å². The lowest BCUT2D eigenvalue weighted by atomic mass is 9.87. The van der Waals surface area contributed by atoms with Gasteiger partial charge in [-0.3, -0.25) is 38.6 Å². The van der Waals surface area contributed by atoms with Crippen LogP contribution in [0.15, 0.2) is 0 Å². The van der Waals surface area contributed by atoms with Gasteiger partial charge in [0.15, 0.2) is 13.5 Å². The van der Waals surface area contributed by atoms with Crippen molar-refractivity contribution in [2.75, 3.05) is 39.6 Å². The highest BCUT2D eigenvalue weighted by Crippen LogP contribution is 2.21. The molecule has 0 aliphatic carbocycles. The zero-order valence-electron chi connectivity index (χ0n) is 24.8. The van der Waals surface area contributed by atoms with Crippen LogP contribution >= 0.6 is 0 Å². The lowest BCUT2D eigenvalue weighted by Crippen LogP contribution is -2.63. The SMILES string of the molecule is CC(C(C)N1CC(=O)N(COC(=O)C(N)C(C)(C)C)C(=O)C1)N1CC(=O)N(COC(=O)C(N)C(C)(C)C)C(=O)C1. The molecule has 14 heteroatoms. The summed E-state index contributed by atoms with van der Waals surface area (Å²) < 4.78 is 10.2. The highest BCUT2D eigenvalue weighted by atomic mass is 16.6. The molecule has 0 aromatic carbocycles. The molecule has 2 saturated heterocycles. The number of nitrogens with zero attached hydrogens (tertiary/aromatic N) is 4. The molecule has 0 saturated carbocycles. The molecule has 4 amide bonds. The fourth-order valence-electron chi connectivity index (χ4n) is 4.04. The molecule has 2 fully saturated rings. The third-order valence-electron chi connectivity index (χ3n) is 7.45. The number of imide groups is 2. The molecule has 40 heavy (non-hydrogen) atoms. The molecule has 0 bridgehead atoms. The Bertz CT molecular complexity index is 904. The van der Waals surface area contributed by atoms with E-state index in [0.717, 1.165) is 9.80 Å². The first kappa shape index (κ1) is 33.3. The maximum Gasteiger partial charge on any atom is 0.325 e. The molecule has 0 aromatic heterocycles. The molecule has 0 spiro atoms. The Kier molecular flexibility index (Phi) is 10.6. The maximum atomic E-state index is 12.7. The lowest BCUT2D eigenvalue weighted by molar-refractivity contribution is -0.170. The highest BCUT2D eigenvalue weighted by Gasteiger charge is 2.40. The molecule has 2 rings (SSSR count). The summed E-state index contributed by atoms with van der Waals surface area (Å²) in [6, 6.07) is -2.61. The predicted octanol–water partition coefficient (Wildman–Crippen LogP) is -1.15. The topological polar surface area (TPSA) is 186 Å². The first-order valence-corrected chi connectivity index (χ1v) is 13.2. The average Bonchev–Trinajstić information content (AvgIpc) is 2.84. The quantitative estimate of drug-likeness (QED) is 0.252. The number of piperazine rings is 2. The molecule has 4 unspecified atom stereocenters. The van der Waals surface area contributed by atoms with Crippen LogP contribution in [-0.2, 0) is 38.2 Å². The van der Waals surface area contributed by atoms with Crippen molar-refractivity contribution in [2.45, 2.75) is 79.6 Å². The van der Waals surface area contributed by atoms with Crippen LogP contribution in [0.4, 0.5) is 0 Å². The molecule has 4 atom stereocenters. The van der Waals surface area contributed by atoms with Gasteiger partial charge in [-0.1, -0.05) is 41.5 Å². The van der Waals surface area contributed by atoms with E-state index in [1.807, 2.05) is 0 Å². The predicted molar refractivity (Wildman–Crippen MR) is 143 cm³/mol. The molecule has 2 aliphatic rings. The fourth-order valence-corrected chi connectivity index (χ4v) is 4.04. The van der Waals surface area contributed by atoms with Crippen LogP contribution in [0.5, 0.6) is 0 Å².